The molecule has 0 bridgehead atoms. The van der Waals surface area contributed by atoms with E-state index in [4.69, 9.17) is 4.42 Å². The van der Waals surface area contributed by atoms with Gasteiger partial charge in [0.25, 0.3) is 0 Å². The second-order valence-electron chi connectivity index (χ2n) is 4.96. The number of phenolic OH excluding ortho intramolecular Hbond substituents is 1. The van der Waals surface area contributed by atoms with Crippen molar-refractivity contribution >= 4 is 26.9 Å². The third kappa shape index (κ3) is 2.16. The van der Waals surface area contributed by atoms with Crippen molar-refractivity contribution in [2.24, 2.45) is 0 Å². The molecule has 0 amide bonds. The maximum absolute atomic E-state index is 12.1. The van der Waals surface area contributed by atoms with Crippen LogP contribution in [0.25, 0.3) is 22.1 Å². The Kier molecular flexibility index (Phi) is 3.33. The third-order valence-electron chi connectivity index (χ3n) is 3.65. The predicted molar refractivity (Wildman–Crippen MR) is 86.8 cm³/mol. The Labute approximate surface area is 130 Å². The van der Waals surface area contributed by atoms with Crippen molar-refractivity contribution in [3.05, 3.63) is 62.4 Å². The van der Waals surface area contributed by atoms with Gasteiger partial charge < -0.3 is 9.52 Å². The lowest BCUT2D eigenvalue weighted by Gasteiger charge is -2.12. The SMILES string of the molecule is Cc1c(-c2ccccc2)c2cc(Br)c(O)c(C)c2oc1=O. The summed E-state index contributed by atoms with van der Waals surface area (Å²) in [5, 5.41) is 10.8. The van der Waals surface area contributed by atoms with Gasteiger partial charge in [0.05, 0.1) is 4.47 Å². The Bertz CT molecular complexity index is 896. The quantitative estimate of drug-likeness (QED) is 0.659. The lowest BCUT2D eigenvalue weighted by molar-refractivity contribution is 0.465. The molecule has 0 aliphatic heterocycles. The second kappa shape index (κ2) is 5.04. The van der Waals surface area contributed by atoms with Crippen LogP contribution in [0.3, 0.4) is 0 Å². The van der Waals surface area contributed by atoms with E-state index in [2.05, 4.69) is 15.9 Å². The van der Waals surface area contributed by atoms with Crippen molar-refractivity contribution in [1.29, 1.82) is 0 Å². The van der Waals surface area contributed by atoms with Crippen LogP contribution in [-0.4, -0.2) is 5.11 Å². The highest BCUT2D eigenvalue weighted by Gasteiger charge is 2.17. The summed E-state index contributed by atoms with van der Waals surface area (Å²) in [6, 6.07) is 11.5. The fourth-order valence-electron chi connectivity index (χ4n) is 2.52. The normalized spacial score (nSPS) is 11.0. The van der Waals surface area contributed by atoms with E-state index in [-0.39, 0.29) is 11.4 Å². The molecule has 1 N–H and O–H groups in total. The smallest absolute Gasteiger partial charge is 0.339 e. The minimum atomic E-state index is -0.383. The summed E-state index contributed by atoms with van der Waals surface area (Å²) >= 11 is 3.35. The first-order valence-corrected chi connectivity index (χ1v) is 7.31. The highest BCUT2D eigenvalue weighted by atomic mass is 79.9. The maximum Gasteiger partial charge on any atom is 0.339 e. The predicted octanol–water partition coefficient (Wildman–Crippen LogP) is 4.54. The Balaban J connectivity index is 2.54. The molecule has 3 rings (SSSR count). The number of aromatic hydroxyl groups is 1. The minimum Gasteiger partial charge on any atom is -0.506 e. The molecule has 0 radical (unpaired) electrons. The summed E-state index contributed by atoms with van der Waals surface area (Å²) in [4.78, 5) is 12.1. The first kappa shape index (κ1) is 13.9. The summed E-state index contributed by atoms with van der Waals surface area (Å²) in [6.45, 7) is 3.49. The minimum absolute atomic E-state index is 0.0912. The number of aryl methyl sites for hydroxylation is 1. The van der Waals surface area contributed by atoms with Crippen molar-refractivity contribution < 1.29 is 9.52 Å². The summed E-state index contributed by atoms with van der Waals surface area (Å²) in [6.07, 6.45) is 0. The Hall–Kier alpha value is -2.07. The van der Waals surface area contributed by atoms with E-state index in [0.29, 0.717) is 21.2 Å². The summed E-state index contributed by atoms with van der Waals surface area (Å²) < 4.78 is 5.97. The second-order valence-corrected chi connectivity index (χ2v) is 5.82. The standard InChI is InChI=1S/C17H13BrO3/c1-9-14(11-6-4-3-5-7-11)12-8-13(18)15(19)10(2)16(12)21-17(9)20/h3-8,19H,1-2H3. The number of hydrogen-bond donors (Lipinski definition) is 1. The van der Waals surface area contributed by atoms with Gasteiger partial charge in [-0.1, -0.05) is 30.3 Å². The first-order valence-electron chi connectivity index (χ1n) is 6.51. The molecule has 0 saturated carbocycles. The zero-order valence-electron chi connectivity index (χ0n) is 11.6. The van der Waals surface area contributed by atoms with Crippen LogP contribution in [0, 0.1) is 13.8 Å². The fourth-order valence-corrected chi connectivity index (χ4v) is 3.04. The van der Waals surface area contributed by atoms with E-state index in [9.17, 15) is 9.90 Å². The van der Waals surface area contributed by atoms with Gasteiger partial charge in [-0.15, -0.1) is 0 Å². The van der Waals surface area contributed by atoms with Crippen LogP contribution in [0.5, 0.6) is 5.75 Å². The molecule has 0 fully saturated rings. The fraction of sp³-hybridized carbons (Fsp3) is 0.118. The average Bonchev–Trinajstić information content (AvgIpc) is 2.49. The van der Waals surface area contributed by atoms with E-state index in [1.54, 1.807) is 19.9 Å². The molecule has 0 aliphatic carbocycles. The monoisotopic (exact) mass is 344 g/mol. The summed E-state index contributed by atoms with van der Waals surface area (Å²) in [7, 11) is 0. The Morgan fingerprint density at radius 2 is 1.76 bits per heavy atom. The molecule has 0 atom stereocenters. The highest BCUT2D eigenvalue weighted by Crippen LogP contribution is 2.38. The van der Waals surface area contributed by atoms with Gasteiger partial charge in [0.15, 0.2) is 0 Å². The highest BCUT2D eigenvalue weighted by molar-refractivity contribution is 9.10. The van der Waals surface area contributed by atoms with Gasteiger partial charge in [-0.25, -0.2) is 4.79 Å². The van der Waals surface area contributed by atoms with Crippen LogP contribution in [-0.2, 0) is 0 Å². The molecule has 4 heteroatoms. The van der Waals surface area contributed by atoms with E-state index in [1.807, 2.05) is 30.3 Å². The van der Waals surface area contributed by atoms with E-state index < -0.39 is 0 Å². The molecular weight excluding hydrogens is 332 g/mol. The number of hydrogen-bond acceptors (Lipinski definition) is 3. The van der Waals surface area contributed by atoms with Gasteiger partial charge in [0.1, 0.15) is 11.3 Å². The molecule has 0 unspecified atom stereocenters. The van der Waals surface area contributed by atoms with E-state index in [0.717, 1.165) is 16.5 Å². The number of fused-ring (bicyclic) bond motifs is 1. The van der Waals surface area contributed by atoms with Gasteiger partial charge in [-0.05, 0) is 41.4 Å². The maximum atomic E-state index is 12.1. The van der Waals surface area contributed by atoms with Crippen LogP contribution in [0.15, 0.2) is 50.1 Å². The van der Waals surface area contributed by atoms with Crippen molar-refractivity contribution in [1.82, 2.24) is 0 Å². The molecule has 0 aliphatic rings. The third-order valence-corrected chi connectivity index (χ3v) is 4.25. The van der Waals surface area contributed by atoms with Gasteiger partial charge in [-0.2, -0.15) is 0 Å². The lowest BCUT2D eigenvalue weighted by Crippen LogP contribution is -2.06. The number of halogens is 1. The molecule has 1 aromatic heterocycles. The molecule has 21 heavy (non-hydrogen) atoms. The van der Waals surface area contributed by atoms with Crippen LogP contribution >= 0.6 is 15.9 Å². The van der Waals surface area contributed by atoms with Crippen molar-refractivity contribution in [3.8, 4) is 16.9 Å². The zero-order chi connectivity index (χ0) is 15.1. The van der Waals surface area contributed by atoms with Gasteiger partial charge in [0.2, 0.25) is 0 Å². The number of phenols is 1. The Morgan fingerprint density at radius 1 is 1.10 bits per heavy atom. The molecule has 0 spiro atoms. The van der Waals surface area contributed by atoms with E-state index in [1.165, 1.54) is 0 Å². The van der Waals surface area contributed by atoms with Gasteiger partial charge in [-0.3, -0.25) is 0 Å². The molecule has 3 nitrogen and oxygen atoms in total. The van der Waals surface area contributed by atoms with Gasteiger partial charge in [0, 0.05) is 22.1 Å². The molecule has 1 heterocycles. The summed E-state index contributed by atoms with van der Waals surface area (Å²) in [5.41, 5.74) is 2.94. The molecule has 0 saturated heterocycles. The number of benzene rings is 2. The van der Waals surface area contributed by atoms with E-state index >= 15 is 0 Å². The lowest BCUT2D eigenvalue weighted by atomic mass is 9.96. The van der Waals surface area contributed by atoms with Crippen LogP contribution in [0.2, 0.25) is 0 Å². The van der Waals surface area contributed by atoms with Crippen molar-refractivity contribution in [2.75, 3.05) is 0 Å². The van der Waals surface area contributed by atoms with Crippen molar-refractivity contribution in [3.63, 3.8) is 0 Å². The van der Waals surface area contributed by atoms with Gasteiger partial charge >= 0.3 is 5.63 Å². The largest absolute Gasteiger partial charge is 0.506 e. The van der Waals surface area contributed by atoms with Crippen LogP contribution in [0.1, 0.15) is 11.1 Å². The first-order chi connectivity index (χ1) is 10.0. The number of rotatable bonds is 1. The van der Waals surface area contributed by atoms with Crippen LogP contribution in [0.4, 0.5) is 0 Å². The molecular formula is C17H13BrO3. The molecule has 3 aromatic rings. The van der Waals surface area contributed by atoms with Crippen LogP contribution < -0.4 is 5.63 Å². The molecule has 2 aromatic carbocycles. The average molecular weight is 345 g/mol. The zero-order valence-corrected chi connectivity index (χ0v) is 13.2. The van der Waals surface area contributed by atoms with Crippen molar-refractivity contribution in [2.45, 2.75) is 13.8 Å². The summed E-state index contributed by atoms with van der Waals surface area (Å²) in [5.74, 6) is 0.0912. The Morgan fingerprint density at radius 3 is 2.43 bits per heavy atom. The topological polar surface area (TPSA) is 50.4 Å². The molecule has 106 valence electrons.